The lowest BCUT2D eigenvalue weighted by molar-refractivity contribution is 0.411. The summed E-state index contributed by atoms with van der Waals surface area (Å²) in [5, 5.41) is 0. The maximum atomic E-state index is 5.65. The summed E-state index contributed by atoms with van der Waals surface area (Å²) in [6.45, 7) is 2.93. The molecule has 0 saturated heterocycles. The van der Waals surface area contributed by atoms with Crippen molar-refractivity contribution in [3.8, 4) is 5.75 Å². The third-order valence-electron chi connectivity index (χ3n) is 3.17. The fourth-order valence-electron chi connectivity index (χ4n) is 2.14. The van der Waals surface area contributed by atoms with Crippen LogP contribution in [0.15, 0.2) is 18.2 Å². The molecule has 14 heavy (non-hydrogen) atoms. The zero-order chi connectivity index (χ0) is 10.1. The second-order valence-electron chi connectivity index (χ2n) is 4.01. The van der Waals surface area contributed by atoms with Gasteiger partial charge in [0.25, 0.3) is 0 Å². The van der Waals surface area contributed by atoms with Gasteiger partial charge < -0.3 is 10.5 Å². The van der Waals surface area contributed by atoms with Crippen molar-refractivity contribution < 1.29 is 4.74 Å². The first-order valence-electron chi connectivity index (χ1n) is 5.11. The van der Waals surface area contributed by atoms with Gasteiger partial charge in [0, 0.05) is 0 Å². The lowest BCUT2D eigenvalue weighted by Gasteiger charge is -2.09. The van der Waals surface area contributed by atoms with E-state index in [2.05, 4.69) is 19.1 Å². The summed E-state index contributed by atoms with van der Waals surface area (Å²) in [6.07, 6.45) is 1.24. The molecular formula is C12H17NO. The Morgan fingerprint density at radius 2 is 2.29 bits per heavy atom. The average molecular weight is 191 g/mol. The molecule has 2 rings (SSSR count). The summed E-state index contributed by atoms with van der Waals surface area (Å²) < 4.78 is 5.30. The Morgan fingerprint density at radius 3 is 2.86 bits per heavy atom. The molecule has 0 unspecified atom stereocenters. The van der Waals surface area contributed by atoms with Crippen LogP contribution >= 0.6 is 0 Å². The molecule has 2 nitrogen and oxygen atoms in total. The van der Waals surface area contributed by atoms with Crippen LogP contribution in [0.2, 0.25) is 0 Å². The van der Waals surface area contributed by atoms with E-state index in [4.69, 9.17) is 10.5 Å². The van der Waals surface area contributed by atoms with Crippen molar-refractivity contribution in [2.75, 3.05) is 13.7 Å². The summed E-state index contributed by atoms with van der Waals surface area (Å²) in [5.74, 6) is 2.36. The Balaban J connectivity index is 2.26. The minimum absolute atomic E-state index is 0.676. The first-order chi connectivity index (χ1) is 6.77. The highest BCUT2D eigenvalue weighted by atomic mass is 16.5. The van der Waals surface area contributed by atoms with E-state index in [-0.39, 0.29) is 0 Å². The lowest BCUT2D eigenvalue weighted by atomic mass is 10.0. The molecule has 1 aliphatic rings. The molecule has 0 bridgehead atoms. The van der Waals surface area contributed by atoms with E-state index in [9.17, 15) is 0 Å². The van der Waals surface area contributed by atoms with Crippen molar-refractivity contribution in [3.05, 3.63) is 29.3 Å². The number of rotatable bonds is 3. The molecule has 76 valence electrons. The third kappa shape index (κ3) is 1.50. The molecule has 1 saturated carbocycles. The zero-order valence-corrected chi connectivity index (χ0v) is 8.79. The molecule has 1 aliphatic carbocycles. The Bertz CT molecular complexity index is 335. The molecule has 0 amide bonds. The second kappa shape index (κ2) is 3.62. The molecule has 1 aromatic carbocycles. The van der Waals surface area contributed by atoms with Crippen LogP contribution in [0.3, 0.4) is 0 Å². The molecule has 0 spiro atoms. The van der Waals surface area contributed by atoms with Crippen LogP contribution in [0.1, 0.15) is 23.5 Å². The lowest BCUT2D eigenvalue weighted by Crippen LogP contribution is -2.02. The summed E-state index contributed by atoms with van der Waals surface area (Å²) in [7, 11) is 1.72. The van der Waals surface area contributed by atoms with Crippen molar-refractivity contribution in [3.63, 3.8) is 0 Å². The van der Waals surface area contributed by atoms with Gasteiger partial charge in [0.2, 0.25) is 0 Å². The Morgan fingerprint density at radius 1 is 1.50 bits per heavy atom. The van der Waals surface area contributed by atoms with Crippen LogP contribution in [0.5, 0.6) is 5.75 Å². The van der Waals surface area contributed by atoms with Crippen molar-refractivity contribution in [2.24, 2.45) is 11.7 Å². The van der Waals surface area contributed by atoms with E-state index in [0.29, 0.717) is 11.8 Å². The first kappa shape index (κ1) is 9.53. The highest BCUT2D eigenvalue weighted by Crippen LogP contribution is 2.48. The van der Waals surface area contributed by atoms with Crippen molar-refractivity contribution in [2.45, 2.75) is 19.3 Å². The minimum atomic E-state index is 0.676. The highest BCUT2D eigenvalue weighted by Gasteiger charge is 2.38. The molecule has 0 aromatic heterocycles. The summed E-state index contributed by atoms with van der Waals surface area (Å²) >= 11 is 0. The molecule has 0 aliphatic heterocycles. The van der Waals surface area contributed by atoms with E-state index in [1.54, 1.807) is 7.11 Å². The molecule has 1 fully saturated rings. The molecule has 2 heteroatoms. The van der Waals surface area contributed by atoms with E-state index in [1.165, 1.54) is 17.5 Å². The van der Waals surface area contributed by atoms with Crippen molar-refractivity contribution in [1.82, 2.24) is 0 Å². The predicted molar refractivity (Wildman–Crippen MR) is 57.6 cm³/mol. The van der Waals surface area contributed by atoms with Crippen molar-refractivity contribution in [1.29, 1.82) is 0 Å². The first-order valence-corrected chi connectivity index (χ1v) is 5.11. The summed E-state index contributed by atoms with van der Waals surface area (Å²) in [4.78, 5) is 0. The largest absolute Gasteiger partial charge is 0.496 e. The Labute approximate surface area is 85.1 Å². The van der Waals surface area contributed by atoms with Gasteiger partial charge in [-0.2, -0.15) is 0 Å². The number of hydrogen-bond acceptors (Lipinski definition) is 2. The van der Waals surface area contributed by atoms with E-state index in [1.807, 2.05) is 6.07 Å². The standard InChI is InChI=1S/C12H17NO/c1-8-10(11-6-9(11)7-13)4-3-5-12(8)14-2/h3-5,9,11H,6-7,13H2,1-2H3/t9-,11+/m0/s1. The van der Waals surface area contributed by atoms with Gasteiger partial charge in [-0.25, -0.2) is 0 Å². The van der Waals surface area contributed by atoms with Gasteiger partial charge in [-0.05, 0) is 48.9 Å². The van der Waals surface area contributed by atoms with Crippen LogP contribution < -0.4 is 10.5 Å². The molecule has 0 heterocycles. The SMILES string of the molecule is COc1cccc([C@@H]2C[C@H]2CN)c1C. The topological polar surface area (TPSA) is 35.2 Å². The summed E-state index contributed by atoms with van der Waals surface area (Å²) in [5.41, 5.74) is 8.34. The Hall–Kier alpha value is -1.02. The second-order valence-corrected chi connectivity index (χ2v) is 4.01. The smallest absolute Gasteiger partial charge is 0.122 e. The quantitative estimate of drug-likeness (QED) is 0.793. The van der Waals surface area contributed by atoms with Crippen LogP contribution in [0, 0.1) is 12.8 Å². The normalized spacial score (nSPS) is 24.8. The maximum Gasteiger partial charge on any atom is 0.122 e. The molecule has 2 N–H and O–H groups in total. The molecule has 1 aromatic rings. The van der Waals surface area contributed by atoms with Crippen molar-refractivity contribution >= 4 is 0 Å². The van der Waals surface area contributed by atoms with Gasteiger partial charge in [0.1, 0.15) is 5.75 Å². The van der Waals surface area contributed by atoms with Crippen LogP contribution in [0.4, 0.5) is 0 Å². The monoisotopic (exact) mass is 191 g/mol. The van der Waals surface area contributed by atoms with Gasteiger partial charge in [0.15, 0.2) is 0 Å². The van der Waals surface area contributed by atoms with Crippen LogP contribution in [-0.4, -0.2) is 13.7 Å². The fourth-order valence-corrected chi connectivity index (χ4v) is 2.14. The predicted octanol–water partition coefficient (Wildman–Crippen LogP) is 2.07. The van der Waals surface area contributed by atoms with Gasteiger partial charge in [-0.15, -0.1) is 0 Å². The Kier molecular flexibility index (Phi) is 2.46. The van der Waals surface area contributed by atoms with Gasteiger partial charge >= 0.3 is 0 Å². The zero-order valence-electron chi connectivity index (χ0n) is 8.79. The third-order valence-corrected chi connectivity index (χ3v) is 3.17. The van der Waals surface area contributed by atoms with Crippen LogP contribution in [0.25, 0.3) is 0 Å². The molecule has 0 radical (unpaired) electrons. The van der Waals surface area contributed by atoms with E-state index < -0.39 is 0 Å². The molecule has 2 atom stereocenters. The minimum Gasteiger partial charge on any atom is -0.496 e. The number of hydrogen-bond donors (Lipinski definition) is 1. The number of ether oxygens (including phenoxy) is 1. The summed E-state index contributed by atoms with van der Waals surface area (Å²) in [6, 6.07) is 6.27. The van der Waals surface area contributed by atoms with E-state index >= 15 is 0 Å². The fraction of sp³-hybridized carbons (Fsp3) is 0.500. The maximum absolute atomic E-state index is 5.65. The van der Waals surface area contributed by atoms with Gasteiger partial charge in [-0.1, -0.05) is 12.1 Å². The van der Waals surface area contributed by atoms with E-state index in [0.717, 1.165) is 12.3 Å². The highest BCUT2D eigenvalue weighted by molar-refractivity contribution is 5.43. The average Bonchev–Trinajstić information content (AvgIpc) is 2.97. The number of benzene rings is 1. The molecular weight excluding hydrogens is 174 g/mol. The number of nitrogens with two attached hydrogens (primary N) is 1. The van der Waals surface area contributed by atoms with Gasteiger partial charge in [0.05, 0.1) is 7.11 Å². The van der Waals surface area contributed by atoms with Gasteiger partial charge in [-0.3, -0.25) is 0 Å². The van der Waals surface area contributed by atoms with Crippen LogP contribution in [-0.2, 0) is 0 Å². The number of methoxy groups -OCH3 is 1.